The van der Waals surface area contributed by atoms with Gasteiger partial charge in [-0.3, -0.25) is 14.5 Å². The molecule has 1 aliphatic carbocycles. The Bertz CT molecular complexity index is 647. The minimum atomic E-state index is -0.338. The molecule has 0 aromatic heterocycles. The number of hydrogen-bond donors (Lipinski definition) is 1. The molecule has 28 heavy (non-hydrogen) atoms. The molecule has 1 heterocycles. The van der Waals surface area contributed by atoms with Gasteiger partial charge in [0.2, 0.25) is 5.91 Å². The van der Waals surface area contributed by atoms with E-state index in [0.29, 0.717) is 19.7 Å². The zero-order valence-corrected chi connectivity index (χ0v) is 17.0. The van der Waals surface area contributed by atoms with Crippen molar-refractivity contribution in [2.24, 2.45) is 5.92 Å². The lowest BCUT2D eigenvalue weighted by atomic mass is 9.93. The molecule has 0 bridgehead atoms. The molecule has 1 N–H and O–H groups in total. The number of carbonyl (C=O) groups is 2. The van der Waals surface area contributed by atoms with Crippen molar-refractivity contribution in [2.45, 2.75) is 57.5 Å². The summed E-state index contributed by atoms with van der Waals surface area (Å²) in [5, 5.41) is 3.25. The molecule has 1 aliphatic heterocycles. The van der Waals surface area contributed by atoms with Gasteiger partial charge in [-0.1, -0.05) is 25.0 Å². The number of nitrogens with one attached hydrogen (secondary N) is 1. The second kappa shape index (κ2) is 9.92. The van der Waals surface area contributed by atoms with Gasteiger partial charge in [0, 0.05) is 19.1 Å². The molecule has 6 nitrogen and oxygen atoms in total. The quantitative estimate of drug-likeness (QED) is 0.727. The summed E-state index contributed by atoms with van der Waals surface area (Å²) in [5.74, 6) is 0.663. The van der Waals surface area contributed by atoms with Crippen LogP contribution in [0.3, 0.4) is 0 Å². The fourth-order valence-electron chi connectivity index (χ4n) is 4.32. The second-order valence-electron chi connectivity index (χ2n) is 7.73. The van der Waals surface area contributed by atoms with Crippen LogP contribution in [0.15, 0.2) is 24.3 Å². The summed E-state index contributed by atoms with van der Waals surface area (Å²) in [6.45, 7) is 3.66. The number of esters is 1. The molecule has 1 saturated heterocycles. The molecule has 0 spiro atoms. The second-order valence-corrected chi connectivity index (χ2v) is 7.73. The maximum Gasteiger partial charge on any atom is 0.309 e. The number of methoxy groups -OCH3 is 1. The predicted octanol–water partition coefficient (Wildman–Crippen LogP) is 3.07. The SMILES string of the molecule is CCOC(=O)C1CCN([C@H](C(=O)NC2CCCC2)c2ccc(OC)cc2)CC1. The monoisotopic (exact) mass is 388 g/mol. The Morgan fingerprint density at radius 3 is 2.32 bits per heavy atom. The van der Waals surface area contributed by atoms with Crippen LogP contribution in [-0.4, -0.2) is 49.6 Å². The normalized spacial score (nSPS) is 19.9. The predicted molar refractivity (Wildman–Crippen MR) is 107 cm³/mol. The molecule has 2 aliphatic rings. The van der Waals surface area contributed by atoms with E-state index in [0.717, 1.165) is 37.0 Å². The van der Waals surface area contributed by atoms with E-state index in [1.165, 1.54) is 12.8 Å². The molecule has 2 fully saturated rings. The van der Waals surface area contributed by atoms with Gasteiger partial charge in [-0.25, -0.2) is 0 Å². The van der Waals surface area contributed by atoms with E-state index < -0.39 is 0 Å². The molecule has 0 radical (unpaired) electrons. The minimum absolute atomic E-state index is 0.0617. The van der Waals surface area contributed by atoms with Gasteiger partial charge < -0.3 is 14.8 Å². The summed E-state index contributed by atoms with van der Waals surface area (Å²) in [6, 6.07) is 7.68. The molecule has 1 aromatic carbocycles. The lowest BCUT2D eigenvalue weighted by Crippen LogP contribution is -2.47. The highest BCUT2D eigenvalue weighted by Crippen LogP contribution is 2.30. The molecular weight excluding hydrogens is 356 g/mol. The van der Waals surface area contributed by atoms with Gasteiger partial charge in [-0.15, -0.1) is 0 Å². The number of ether oxygens (including phenoxy) is 2. The van der Waals surface area contributed by atoms with Crippen molar-refractivity contribution >= 4 is 11.9 Å². The molecule has 154 valence electrons. The molecule has 1 saturated carbocycles. The van der Waals surface area contributed by atoms with Crippen LogP contribution in [0, 0.1) is 5.92 Å². The van der Waals surface area contributed by atoms with Gasteiger partial charge in [0.05, 0.1) is 19.6 Å². The minimum Gasteiger partial charge on any atom is -0.497 e. The van der Waals surface area contributed by atoms with Crippen LogP contribution in [0.5, 0.6) is 5.75 Å². The highest BCUT2D eigenvalue weighted by Gasteiger charge is 2.34. The van der Waals surface area contributed by atoms with Crippen LogP contribution in [0.25, 0.3) is 0 Å². The van der Waals surface area contributed by atoms with E-state index in [1.54, 1.807) is 7.11 Å². The lowest BCUT2D eigenvalue weighted by molar-refractivity contribution is -0.150. The summed E-state index contributed by atoms with van der Waals surface area (Å²) < 4.78 is 10.4. The molecule has 0 unspecified atom stereocenters. The van der Waals surface area contributed by atoms with E-state index in [1.807, 2.05) is 31.2 Å². The van der Waals surface area contributed by atoms with E-state index in [4.69, 9.17) is 9.47 Å². The molecule has 3 rings (SSSR count). The maximum absolute atomic E-state index is 13.2. The Hall–Kier alpha value is -2.08. The smallest absolute Gasteiger partial charge is 0.309 e. The van der Waals surface area contributed by atoms with E-state index in [9.17, 15) is 9.59 Å². The molecule has 1 atom stereocenters. The van der Waals surface area contributed by atoms with Gasteiger partial charge in [-0.05, 0) is 50.3 Å². The fraction of sp³-hybridized carbons (Fsp3) is 0.636. The molecule has 1 amide bonds. The first kappa shape index (κ1) is 20.6. The number of likely N-dealkylation sites (tertiary alicyclic amines) is 1. The number of benzene rings is 1. The first-order valence-corrected chi connectivity index (χ1v) is 10.5. The van der Waals surface area contributed by atoms with Crippen LogP contribution < -0.4 is 10.1 Å². The molecule has 6 heteroatoms. The average molecular weight is 389 g/mol. The Balaban J connectivity index is 1.72. The highest BCUT2D eigenvalue weighted by molar-refractivity contribution is 5.83. The number of nitrogens with zero attached hydrogens (tertiary/aromatic N) is 1. The zero-order chi connectivity index (χ0) is 19.9. The zero-order valence-electron chi connectivity index (χ0n) is 17.0. The van der Waals surface area contributed by atoms with Gasteiger partial charge in [0.1, 0.15) is 11.8 Å². The van der Waals surface area contributed by atoms with Gasteiger partial charge in [-0.2, -0.15) is 0 Å². The average Bonchev–Trinajstić information content (AvgIpc) is 3.22. The van der Waals surface area contributed by atoms with Crippen LogP contribution in [0.4, 0.5) is 0 Å². The van der Waals surface area contributed by atoms with Crippen molar-refractivity contribution in [3.8, 4) is 5.75 Å². The fourth-order valence-corrected chi connectivity index (χ4v) is 4.32. The summed E-state index contributed by atoms with van der Waals surface area (Å²) in [5.41, 5.74) is 0.964. The number of hydrogen-bond acceptors (Lipinski definition) is 5. The molecular formula is C22H32N2O4. The van der Waals surface area contributed by atoms with Crippen molar-refractivity contribution in [3.05, 3.63) is 29.8 Å². The van der Waals surface area contributed by atoms with Crippen LogP contribution in [-0.2, 0) is 14.3 Å². The standard InChI is InChI=1S/C22H32N2O4/c1-3-28-22(26)17-12-14-24(15-13-17)20(16-8-10-19(27-2)11-9-16)21(25)23-18-6-4-5-7-18/h8-11,17-18,20H,3-7,12-15H2,1-2H3,(H,23,25)/t20-/m0/s1. The highest BCUT2D eigenvalue weighted by atomic mass is 16.5. The van der Waals surface area contributed by atoms with Crippen molar-refractivity contribution < 1.29 is 19.1 Å². The van der Waals surface area contributed by atoms with Gasteiger partial charge >= 0.3 is 5.97 Å². The van der Waals surface area contributed by atoms with E-state index in [2.05, 4.69) is 10.2 Å². The summed E-state index contributed by atoms with van der Waals surface area (Å²) in [4.78, 5) is 27.4. The summed E-state index contributed by atoms with van der Waals surface area (Å²) >= 11 is 0. The van der Waals surface area contributed by atoms with Crippen molar-refractivity contribution in [1.82, 2.24) is 10.2 Å². The van der Waals surface area contributed by atoms with E-state index >= 15 is 0 Å². The van der Waals surface area contributed by atoms with Crippen molar-refractivity contribution in [2.75, 3.05) is 26.8 Å². The van der Waals surface area contributed by atoms with Crippen LogP contribution in [0.1, 0.15) is 57.1 Å². The lowest BCUT2D eigenvalue weighted by Gasteiger charge is -2.36. The third kappa shape index (κ3) is 5.04. The number of rotatable bonds is 7. The van der Waals surface area contributed by atoms with Crippen molar-refractivity contribution in [1.29, 1.82) is 0 Å². The van der Waals surface area contributed by atoms with Gasteiger partial charge in [0.25, 0.3) is 0 Å². The first-order chi connectivity index (χ1) is 13.6. The Morgan fingerprint density at radius 2 is 1.75 bits per heavy atom. The number of amides is 1. The topological polar surface area (TPSA) is 67.9 Å². The Labute approximate surface area is 167 Å². The maximum atomic E-state index is 13.2. The largest absolute Gasteiger partial charge is 0.497 e. The number of carbonyl (C=O) groups excluding carboxylic acids is 2. The summed E-state index contributed by atoms with van der Waals surface area (Å²) in [7, 11) is 1.64. The molecule has 1 aromatic rings. The first-order valence-electron chi connectivity index (χ1n) is 10.5. The Kier molecular flexibility index (Phi) is 7.31. The third-order valence-electron chi connectivity index (χ3n) is 5.90. The number of piperidine rings is 1. The third-order valence-corrected chi connectivity index (χ3v) is 5.90. The summed E-state index contributed by atoms with van der Waals surface area (Å²) in [6.07, 6.45) is 5.94. The van der Waals surface area contributed by atoms with Crippen LogP contribution in [0.2, 0.25) is 0 Å². The Morgan fingerprint density at radius 1 is 1.11 bits per heavy atom. The van der Waals surface area contributed by atoms with Crippen molar-refractivity contribution in [3.63, 3.8) is 0 Å². The van der Waals surface area contributed by atoms with Crippen LogP contribution >= 0.6 is 0 Å². The van der Waals surface area contributed by atoms with Gasteiger partial charge in [0.15, 0.2) is 0 Å². The van der Waals surface area contributed by atoms with E-state index in [-0.39, 0.29) is 29.9 Å².